The number of nitrogens with zero attached hydrogens (tertiary/aromatic N) is 11. The highest BCUT2D eigenvalue weighted by atomic mass is 15.1. The van der Waals surface area contributed by atoms with Crippen LogP contribution in [0.4, 0.5) is 0 Å². The van der Waals surface area contributed by atoms with Crippen molar-refractivity contribution in [1.29, 1.82) is 0 Å². The van der Waals surface area contributed by atoms with Crippen molar-refractivity contribution in [2.24, 2.45) is 0 Å². The molecule has 0 saturated carbocycles. The van der Waals surface area contributed by atoms with Crippen LogP contribution in [-0.4, -0.2) is 54.4 Å². The Labute approximate surface area is 524 Å². The van der Waals surface area contributed by atoms with Gasteiger partial charge < -0.3 is 4.57 Å². The first-order chi connectivity index (χ1) is 45.1. The maximum absolute atomic E-state index is 5.57. The fourth-order valence-corrected chi connectivity index (χ4v) is 11.7. The first-order valence-corrected chi connectivity index (χ1v) is 30.0. The quantitative estimate of drug-likeness (QED) is 0.110. The maximum atomic E-state index is 5.57. The van der Waals surface area contributed by atoms with Gasteiger partial charge in [-0.2, -0.15) is 0 Å². The highest BCUT2D eigenvalue weighted by Gasteiger charge is 2.24. The molecule has 16 aromatic rings. The molecule has 0 spiro atoms. The second-order valence-electron chi connectivity index (χ2n) is 22.0. The van der Waals surface area contributed by atoms with Crippen LogP contribution in [0.15, 0.2) is 309 Å². The minimum Gasteiger partial charge on any atom is -0.309 e. The molecule has 0 bridgehead atoms. The molecule has 91 heavy (non-hydrogen) atoms. The van der Waals surface area contributed by atoms with Gasteiger partial charge in [0, 0.05) is 77.5 Å². The molecule has 0 saturated heterocycles. The minimum atomic E-state index is 0.526. The summed E-state index contributed by atoms with van der Waals surface area (Å²) >= 11 is 0. The second kappa shape index (κ2) is 23.6. The summed E-state index contributed by atoms with van der Waals surface area (Å²) in [7, 11) is 0. The Kier molecular flexibility index (Phi) is 14.0. The van der Waals surface area contributed by atoms with E-state index in [4.69, 9.17) is 49.8 Å². The first-order valence-electron chi connectivity index (χ1n) is 30.0. The van der Waals surface area contributed by atoms with Crippen molar-refractivity contribution in [1.82, 2.24) is 54.4 Å². The molecule has 11 aromatic carbocycles. The zero-order valence-corrected chi connectivity index (χ0v) is 48.9. The summed E-state index contributed by atoms with van der Waals surface area (Å²) in [5.74, 6) is 4.51. The zero-order valence-electron chi connectivity index (χ0n) is 48.9. The van der Waals surface area contributed by atoms with E-state index in [1.54, 1.807) is 0 Å². The van der Waals surface area contributed by atoms with Gasteiger partial charge in [0.15, 0.2) is 46.6 Å². The van der Waals surface area contributed by atoms with E-state index >= 15 is 0 Å². The topological polar surface area (TPSA) is 134 Å². The SMILES string of the molecule is c1ccc(-c2cc(-c3ccc(-n4c5cc(-c6nc(-c7ccccc7)nc(-c7ccccc7)n6)ccc5c5ccc(-c6nc(-c7ccccc7)nc(-c7ccccc7)n6)cc54)c(-c4cc(-c5ccccc5)nc(-c5ccccc5)n4)c3)nc(-c3ccccc3)n2)cc1. The zero-order chi connectivity index (χ0) is 60.5. The second-order valence-corrected chi connectivity index (χ2v) is 22.0. The highest BCUT2D eigenvalue weighted by molar-refractivity contribution is 6.11. The lowest BCUT2D eigenvalue weighted by Gasteiger charge is -2.18. The molecule has 0 atom stereocenters. The van der Waals surface area contributed by atoms with Gasteiger partial charge in [-0.15, -0.1) is 0 Å². The monoisotopic (exact) mass is 1170 g/mol. The number of fused-ring (bicyclic) bond motifs is 3. The van der Waals surface area contributed by atoms with Gasteiger partial charge in [0.05, 0.1) is 39.5 Å². The average molecular weight is 1170 g/mol. The number of rotatable bonds is 13. The Bertz CT molecular complexity index is 4900. The summed E-state index contributed by atoms with van der Waals surface area (Å²) in [5.41, 5.74) is 16.1. The predicted octanol–water partition coefficient (Wildman–Crippen LogP) is 18.7. The molecule has 0 unspecified atom stereocenters. The minimum absolute atomic E-state index is 0.526. The third-order valence-electron chi connectivity index (χ3n) is 16.1. The molecule has 0 N–H and O–H groups in total. The third-order valence-corrected chi connectivity index (χ3v) is 16.1. The molecule has 0 aliphatic rings. The fraction of sp³-hybridized carbons (Fsp3) is 0. The molecule has 0 aliphatic carbocycles. The van der Waals surface area contributed by atoms with Gasteiger partial charge in [-0.1, -0.05) is 273 Å². The van der Waals surface area contributed by atoms with E-state index in [1.165, 1.54) is 0 Å². The molecular weight excluding hydrogens is 1110 g/mol. The van der Waals surface area contributed by atoms with Crippen molar-refractivity contribution in [3.05, 3.63) is 309 Å². The molecule has 11 heteroatoms. The molecule has 5 heterocycles. The third kappa shape index (κ3) is 10.7. The van der Waals surface area contributed by atoms with Crippen molar-refractivity contribution in [2.45, 2.75) is 0 Å². The van der Waals surface area contributed by atoms with Crippen molar-refractivity contribution >= 4 is 21.8 Å². The first kappa shape index (κ1) is 53.8. The summed E-state index contributed by atoms with van der Waals surface area (Å²) in [4.78, 5) is 52.5. The molecule has 5 aromatic heterocycles. The van der Waals surface area contributed by atoms with E-state index in [0.29, 0.717) is 52.3 Å². The van der Waals surface area contributed by atoms with Crippen molar-refractivity contribution in [3.63, 3.8) is 0 Å². The van der Waals surface area contributed by atoms with E-state index in [9.17, 15) is 0 Å². The van der Waals surface area contributed by atoms with Gasteiger partial charge in [0.25, 0.3) is 0 Å². The molecule has 426 valence electrons. The van der Waals surface area contributed by atoms with Crippen molar-refractivity contribution in [3.8, 4) is 142 Å². The van der Waals surface area contributed by atoms with Crippen LogP contribution in [0.5, 0.6) is 0 Å². The number of benzene rings is 11. The van der Waals surface area contributed by atoms with E-state index in [1.807, 2.05) is 206 Å². The lowest BCUT2D eigenvalue weighted by Crippen LogP contribution is -2.03. The lowest BCUT2D eigenvalue weighted by atomic mass is 9.99. The van der Waals surface area contributed by atoms with Crippen LogP contribution in [0.25, 0.3) is 164 Å². The van der Waals surface area contributed by atoms with Crippen molar-refractivity contribution in [2.75, 3.05) is 0 Å². The number of hydrogen-bond donors (Lipinski definition) is 0. The molecule has 0 fully saturated rings. The summed E-state index contributed by atoms with van der Waals surface area (Å²) < 4.78 is 2.34. The maximum Gasteiger partial charge on any atom is 0.164 e. The van der Waals surface area contributed by atoms with Crippen LogP contribution in [0.2, 0.25) is 0 Å². The van der Waals surface area contributed by atoms with Crippen LogP contribution in [0, 0.1) is 0 Å². The predicted molar refractivity (Wildman–Crippen MR) is 364 cm³/mol. The molecular formula is C80H51N11. The van der Waals surface area contributed by atoms with Crippen LogP contribution in [0.1, 0.15) is 0 Å². The summed E-state index contributed by atoms with van der Waals surface area (Å²) in [6, 6.07) is 105. The van der Waals surface area contributed by atoms with E-state index in [2.05, 4.69) is 108 Å². The largest absolute Gasteiger partial charge is 0.309 e. The Morgan fingerprint density at radius 1 is 0.176 bits per heavy atom. The van der Waals surface area contributed by atoms with Crippen molar-refractivity contribution < 1.29 is 0 Å². The molecule has 0 radical (unpaired) electrons. The van der Waals surface area contributed by atoms with Crippen LogP contribution in [0.3, 0.4) is 0 Å². The van der Waals surface area contributed by atoms with Gasteiger partial charge in [-0.3, -0.25) is 0 Å². The van der Waals surface area contributed by atoms with Crippen LogP contribution in [-0.2, 0) is 0 Å². The number of hydrogen-bond acceptors (Lipinski definition) is 10. The smallest absolute Gasteiger partial charge is 0.164 e. The van der Waals surface area contributed by atoms with E-state index in [-0.39, 0.29) is 0 Å². The van der Waals surface area contributed by atoms with Crippen LogP contribution < -0.4 is 0 Å². The van der Waals surface area contributed by atoms with E-state index in [0.717, 1.165) is 111 Å². The molecule has 11 nitrogen and oxygen atoms in total. The van der Waals surface area contributed by atoms with Gasteiger partial charge >= 0.3 is 0 Å². The normalized spacial score (nSPS) is 11.3. The van der Waals surface area contributed by atoms with Gasteiger partial charge in [0.2, 0.25) is 0 Å². The summed E-state index contributed by atoms with van der Waals surface area (Å²) in [6.07, 6.45) is 0. The fourth-order valence-electron chi connectivity index (χ4n) is 11.7. The Morgan fingerprint density at radius 3 is 0.758 bits per heavy atom. The highest BCUT2D eigenvalue weighted by Crippen LogP contribution is 2.42. The molecule has 0 amide bonds. The molecule has 0 aliphatic heterocycles. The number of aromatic nitrogens is 11. The standard InChI is InChI=1S/C80H51N11/c1-9-25-52(26-10-1)66-50-68(83-73(81-66)54-29-13-3-14-30-54)60-43-46-70(65(47-60)69-51-67(53-27-11-2-12-28-53)82-74(84-69)55-31-15-4-16-32-55)91-71-48-61(79-87-75(56-33-17-5-18-34-56)85-76(88-79)57-35-19-6-20-36-57)41-44-63(71)64-45-42-62(49-72(64)91)80-89-77(58-37-21-7-22-38-58)86-78(90-80)59-39-23-8-24-40-59/h1-51H. The summed E-state index contributed by atoms with van der Waals surface area (Å²) in [6.45, 7) is 0. The van der Waals surface area contributed by atoms with Gasteiger partial charge in [0.1, 0.15) is 0 Å². The molecule has 16 rings (SSSR count). The lowest BCUT2D eigenvalue weighted by molar-refractivity contribution is 1.07. The Hall–Kier alpha value is -12.6. The Morgan fingerprint density at radius 2 is 0.429 bits per heavy atom. The van der Waals surface area contributed by atoms with Gasteiger partial charge in [-0.25, -0.2) is 49.8 Å². The summed E-state index contributed by atoms with van der Waals surface area (Å²) in [5, 5.41) is 2.00. The van der Waals surface area contributed by atoms with Gasteiger partial charge in [-0.05, 0) is 36.4 Å². The van der Waals surface area contributed by atoms with Crippen LogP contribution >= 0.6 is 0 Å². The van der Waals surface area contributed by atoms with E-state index < -0.39 is 0 Å². The Balaban J connectivity index is 0.994. The average Bonchev–Trinajstić information content (AvgIpc) is 1.63.